The first-order valence-electron chi connectivity index (χ1n) is 6.80. The number of fused-ring (bicyclic) bond motifs is 1. The molecular weight excluding hydrogens is 272 g/mol. The number of methoxy groups -OCH3 is 1. The first-order valence-corrected chi connectivity index (χ1v) is 8.29. The molecule has 1 N–H and O–H groups in total. The third-order valence-corrected chi connectivity index (χ3v) is 5.08. The number of hydrogen-bond acceptors (Lipinski definition) is 4. The molecule has 0 radical (unpaired) electrons. The van der Waals surface area contributed by atoms with E-state index in [9.17, 15) is 4.21 Å². The molecule has 0 spiro atoms. The second kappa shape index (κ2) is 5.79. The van der Waals surface area contributed by atoms with Crippen molar-refractivity contribution >= 4 is 27.4 Å². The van der Waals surface area contributed by atoms with Gasteiger partial charge in [0.25, 0.3) is 0 Å². The van der Waals surface area contributed by atoms with E-state index in [0.29, 0.717) is 6.04 Å². The van der Waals surface area contributed by atoms with Crippen molar-refractivity contribution in [3.63, 3.8) is 0 Å². The molecule has 1 aliphatic heterocycles. The third kappa shape index (κ3) is 2.77. The van der Waals surface area contributed by atoms with Crippen molar-refractivity contribution in [1.29, 1.82) is 0 Å². The Morgan fingerprint density at radius 2 is 2.10 bits per heavy atom. The Kier molecular flexibility index (Phi) is 3.87. The summed E-state index contributed by atoms with van der Waals surface area (Å²) in [6, 6.07) is 8.35. The zero-order valence-electron chi connectivity index (χ0n) is 11.5. The van der Waals surface area contributed by atoms with E-state index >= 15 is 0 Å². The van der Waals surface area contributed by atoms with Crippen LogP contribution in [0.25, 0.3) is 10.8 Å². The summed E-state index contributed by atoms with van der Waals surface area (Å²) in [5.41, 5.74) is 0. The summed E-state index contributed by atoms with van der Waals surface area (Å²) in [6.07, 6.45) is 3.70. The molecule has 3 rings (SSSR count). The van der Waals surface area contributed by atoms with Crippen LogP contribution in [0.2, 0.25) is 0 Å². The maximum Gasteiger partial charge on any atom is 0.134 e. The van der Waals surface area contributed by atoms with Gasteiger partial charge in [0.05, 0.1) is 7.11 Å². The first-order chi connectivity index (χ1) is 9.76. The van der Waals surface area contributed by atoms with Crippen LogP contribution in [-0.4, -0.2) is 33.9 Å². The predicted molar refractivity (Wildman–Crippen MR) is 82.8 cm³/mol. The van der Waals surface area contributed by atoms with Gasteiger partial charge in [-0.2, -0.15) is 0 Å². The zero-order valence-corrected chi connectivity index (χ0v) is 12.3. The second-order valence-electron chi connectivity index (χ2n) is 5.01. The number of ether oxygens (including phenoxy) is 1. The van der Waals surface area contributed by atoms with Crippen molar-refractivity contribution in [3.05, 3.63) is 30.5 Å². The molecule has 1 saturated heterocycles. The molecule has 0 amide bonds. The van der Waals surface area contributed by atoms with Gasteiger partial charge in [-0.1, -0.05) is 6.07 Å². The van der Waals surface area contributed by atoms with Crippen LogP contribution in [0.1, 0.15) is 12.8 Å². The normalized spacial score (nSPS) is 22.6. The predicted octanol–water partition coefficient (Wildman–Crippen LogP) is 2.57. The molecule has 0 aliphatic carbocycles. The minimum Gasteiger partial charge on any atom is -0.497 e. The van der Waals surface area contributed by atoms with E-state index in [1.165, 1.54) is 0 Å². The lowest BCUT2D eigenvalue weighted by Gasteiger charge is -2.23. The number of nitrogens with one attached hydrogen (secondary N) is 1. The summed E-state index contributed by atoms with van der Waals surface area (Å²) in [5.74, 6) is 3.29. The molecule has 1 aliphatic rings. The standard InChI is InChI=1S/C15H18N2O2S/c1-19-13-3-2-11-4-7-16-15(14(11)10-13)17-12-5-8-20(18)9-6-12/h2-4,7,10,12H,5-6,8-9H2,1H3,(H,16,17). The van der Waals surface area contributed by atoms with E-state index in [1.54, 1.807) is 7.11 Å². The summed E-state index contributed by atoms with van der Waals surface area (Å²) in [4.78, 5) is 4.45. The number of hydrogen-bond donors (Lipinski definition) is 1. The lowest BCUT2D eigenvalue weighted by Crippen LogP contribution is -2.29. The van der Waals surface area contributed by atoms with Crippen molar-refractivity contribution in [3.8, 4) is 5.75 Å². The lowest BCUT2D eigenvalue weighted by atomic mass is 10.1. The van der Waals surface area contributed by atoms with E-state index in [0.717, 1.165) is 46.7 Å². The van der Waals surface area contributed by atoms with Gasteiger partial charge >= 0.3 is 0 Å². The van der Waals surface area contributed by atoms with Crippen LogP contribution < -0.4 is 10.1 Å². The Bertz CT molecular complexity index is 635. The number of rotatable bonds is 3. The molecule has 4 nitrogen and oxygen atoms in total. The van der Waals surface area contributed by atoms with Crippen LogP contribution in [0.5, 0.6) is 5.75 Å². The Morgan fingerprint density at radius 3 is 2.85 bits per heavy atom. The van der Waals surface area contributed by atoms with E-state index in [1.807, 2.05) is 30.5 Å². The molecule has 2 heterocycles. The van der Waals surface area contributed by atoms with Crippen LogP contribution in [0.3, 0.4) is 0 Å². The van der Waals surface area contributed by atoms with Crippen LogP contribution >= 0.6 is 0 Å². The van der Waals surface area contributed by atoms with Gasteiger partial charge in [0.15, 0.2) is 0 Å². The molecule has 0 bridgehead atoms. The first kappa shape index (κ1) is 13.4. The van der Waals surface area contributed by atoms with E-state index in [4.69, 9.17) is 4.74 Å². The number of aromatic nitrogens is 1. The van der Waals surface area contributed by atoms with Crippen molar-refractivity contribution < 1.29 is 8.95 Å². The summed E-state index contributed by atoms with van der Waals surface area (Å²) in [5, 5.41) is 5.70. The highest BCUT2D eigenvalue weighted by Gasteiger charge is 2.18. The zero-order chi connectivity index (χ0) is 13.9. The van der Waals surface area contributed by atoms with Crippen molar-refractivity contribution in [2.75, 3.05) is 23.9 Å². The van der Waals surface area contributed by atoms with Crippen molar-refractivity contribution in [2.24, 2.45) is 0 Å². The molecule has 1 aromatic heterocycles. The number of nitrogens with zero attached hydrogens (tertiary/aromatic N) is 1. The lowest BCUT2D eigenvalue weighted by molar-refractivity contribution is 0.415. The Morgan fingerprint density at radius 1 is 1.30 bits per heavy atom. The topological polar surface area (TPSA) is 51.2 Å². The Labute approximate surface area is 121 Å². The van der Waals surface area contributed by atoms with Crippen LogP contribution in [-0.2, 0) is 10.8 Å². The minimum atomic E-state index is -0.632. The van der Waals surface area contributed by atoms with Crippen LogP contribution in [0, 0.1) is 0 Å². The minimum absolute atomic E-state index is 0.358. The maximum absolute atomic E-state index is 11.4. The molecule has 0 saturated carbocycles. The van der Waals surface area contributed by atoms with Gasteiger partial charge in [-0.15, -0.1) is 0 Å². The van der Waals surface area contributed by atoms with Gasteiger partial charge in [0, 0.05) is 39.9 Å². The second-order valence-corrected chi connectivity index (χ2v) is 6.71. The molecule has 2 aromatic rings. The van der Waals surface area contributed by atoms with Gasteiger partial charge in [-0.25, -0.2) is 4.98 Å². The monoisotopic (exact) mass is 290 g/mol. The van der Waals surface area contributed by atoms with Gasteiger partial charge < -0.3 is 10.1 Å². The number of anilines is 1. The molecule has 20 heavy (non-hydrogen) atoms. The summed E-state index contributed by atoms with van der Waals surface area (Å²) in [6.45, 7) is 0. The molecule has 1 aromatic carbocycles. The van der Waals surface area contributed by atoms with E-state index < -0.39 is 10.8 Å². The molecule has 5 heteroatoms. The highest BCUT2D eigenvalue weighted by Crippen LogP contribution is 2.27. The quantitative estimate of drug-likeness (QED) is 0.944. The summed E-state index contributed by atoms with van der Waals surface area (Å²) < 4.78 is 16.7. The fourth-order valence-corrected chi connectivity index (χ4v) is 3.82. The largest absolute Gasteiger partial charge is 0.497 e. The third-order valence-electron chi connectivity index (χ3n) is 3.70. The fourth-order valence-electron chi connectivity index (χ4n) is 2.52. The van der Waals surface area contributed by atoms with Crippen molar-refractivity contribution in [2.45, 2.75) is 18.9 Å². The number of pyridine rings is 1. The SMILES string of the molecule is COc1ccc2ccnc(NC3CCS(=O)CC3)c2c1. The van der Waals surface area contributed by atoms with Gasteiger partial charge in [-0.05, 0) is 36.4 Å². The van der Waals surface area contributed by atoms with Crippen LogP contribution in [0.15, 0.2) is 30.5 Å². The average Bonchev–Trinajstić information content (AvgIpc) is 2.49. The van der Waals surface area contributed by atoms with Gasteiger partial charge in [-0.3, -0.25) is 4.21 Å². The molecular formula is C15H18N2O2S. The smallest absolute Gasteiger partial charge is 0.134 e. The Balaban J connectivity index is 1.88. The number of benzene rings is 1. The average molecular weight is 290 g/mol. The van der Waals surface area contributed by atoms with Crippen LogP contribution in [0.4, 0.5) is 5.82 Å². The highest BCUT2D eigenvalue weighted by molar-refractivity contribution is 7.85. The highest BCUT2D eigenvalue weighted by atomic mass is 32.2. The Hall–Kier alpha value is -1.62. The maximum atomic E-state index is 11.4. The van der Waals surface area contributed by atoms with E-state index in [-0.39, 0.29) is 0 Å². The molecule has 1 fully saturated rings. The van der Waals surface area contributed by atoms with E-state index in [2.05, 4.69) is 10.3 Å². The van der Waals surface area contributed by atoms with Gasteiger partial charge in [0.2, 0.25) is 0 Å². The molecule has 0 unspecified atom stereocenters. The molecule has 0 atom stereocenters. The fraction of sp³-hybridized carbons (Fsp3) is 0.400. The summed E-state index contributed by atoms with van der Waals surface area (Å²) >= 11 is 0. The summed E-state index contributed by atoms with van der Waals surface area (Å²) in [7, 11) is 1.04. The van der Waals surface area contributed by atoms with Crippen molar-refractivity contribution in [1.82, 2.24) is 4.98 Å². The molecule has 106 valence electrons. The van der Waals surface area contributed by atoms with Gasteiger partial charge in [0.1, 0.15) is 11.6 Å².